The number of ether oxygens (including phenoxy) is 1. The highest BCUT2D eigenvalue weighted by molar-refractivity contribution is 7.85. The number of rotatable bonds is 9. The Morgan fingerprint density at radius 1 is 1.53 bits per heavy atom. The van der Waals surface area contributed by atoms with Gasteiger partial charge >= 0.3 is 0 Å². The van der Waals surface area contributed by atoms with Gasteiger partial charge in [-0.15, -0.1) is 0 Å². The van der Waals surface area contributed by atoms with Crippen molar-refractivity contribution in [2.24, 2.45) is 5.92 Å². The maximum absolute atomic E-state index is 11.8. The van der Waals surface area contributed by atoms with E-state index in [-0.39, 0.29) is 0 Å². The molecule has 1 fully saturated rings. The predicted molar refractivity (Wildman–Crippen MR) is 64.6 cm³/mol. The molecule has 1 rings (SSSR count). The Morgan fingerprint density at radius 3 is 2.80 bits per heavy atom. The molecule has 0 aromatic rings. The summed E-state index contributed by atoms with van der Waals surface area (Å²) in [7, 11) is 1.01. The van der Waals surface area contributed by atoms with Crippen molar-refractivity contribution in [3.63, 3.8) is 0 Å². The van der Waals surface area contributed by atoms with E-state index < -0.39 is 10.8 Å². The van der Waals surface area contributed by atoms with Crippen molar-refractivity contribution in [2.75, 3.05) is 31.8 Å². The van der Waals surface area contributed by atoms with Crippen LogP contribution in [0.25, 0.3) is 0 Å². The van der Waals surface area contributed by atoms with Gasteiger partial charge in [0.2, 0.25) is 0 Å². The van der Waals surface area contributed by atoms with Gasteiger partial charge in [0.25, 0.3) is 0 Å². The van der Waals surface area contributed by atoms with Crippen molar-refractivity contribution in [3.05, 3.63) is 0 Å². The zero-order valence-electron chi connectivity index (χ0n) is 9.83. The van der Waals surface area contributed by atoms with E-state index >= 15 is 0 Å². The average molecular weight is 233 g/mol. The third-order valence-corrected chi connectivity index (χ3v) is 4.22. The second-order valence-electron chi connectivity index (χ2n) is 4.16. The predicted octanol–water partition coefficient (Wildman–Crippen LogP) is 1.16. The van der Waals surface area contributed by atoms with Crippen LogP contribution in [0.4, 0.5) is 0 Å². The third kappa shape index (κ3) is 5.64. The molecule has 0 spiro atoms. The second kappa shape index (κ2) is 7.36. The minimum absolute atomic E-state index is 0.485. The van der Waals surface area contributed by atoms with E-state index in [1.54, 1.807) is 7.11 Å². The van der Waals surface area contributed by atoms with Crippen molar-refractivity contribution in [1.29, 1.82) is 0 Å². The minimum atomic E-state index is -0.676. The van der Waals surface area contributed by atoms with Gasteiger partial charge in [-0.1, -0.05) is 6.92 Å². The lowest BCUT2D eigenvalue weighted by Crippen LogP contribution is -2.36. The molecule has 0 aliphatic heterocycles. The monoisotopic (exact) mass is 233 g/mol. The van der Waals surface area contributed by atoms with Gasteiger partial charge in [0.15, 0.2) is 0 Å². The van der Waals surface area contributed by atoms with Gasteiger partial charge < -0.3 is 10.1 Å². The summed E-state index contributed by atoms with van der Waals surface area (Å²) in [5.41, 5.74) is 0. The maximum Gasteiger partial charge on any atom is 0.0471 e. The molecule has 0 aromatic carbocycles. The largest absolute Gasteiger partial charge is 0.385 e. The molecule has 0 radical (unpaired) electrons. The summed E-state index contributed by atoms with van der Waals surface area (Å²) in [6.07, 6.45) is 3.53. The standard InChI is InChI=1S/C11H23NO2S/c1-3-12-11(10-5-6-10)9-15(13)8-4-7-14-2/h10-12H,3-9H2,1-2H3. The summed E-state index contributed by atoms with van der Waals surface area (Å²) >= 11 is 0. The molecule has 0 heterocycles. The van der Waals surface area contributed by atoms with Crippen LogP contribution in [0.1, 0.15) is 26.2 Å². The molecule has 1 N–H and O–H groups in total. The van der Waals surface area contributed by atoms with Gasteiger partial charge in [-0.3, -0.25) is 4.21 Å². The Hall–Kier alpha value is 0.0700. The van der Waals surface area contributed by atoms with Gasteiger partial charge in [-0.2, -0.15) is 0 Å². The van der Waals surface area contributed by atoms with E-state index in [4.69, 9.17) is 4.74 Å². The van der Waals surface area contributed by atoms with Crippen LogP contribution in [0, 0.1) is 5.92 Å². The van der Waals surface area contributed by atoms with Gasteiger partial charge in [0, 0.05) is 42.1 Å². The molecule has 0 aromatic heterocycles. The van der Waals surface area contributed by atoms with E-state index in [1.165, 1.54) is 12.8 Å². The molecule has 1 aliphatic carbocycles. The van der Waals surface area contributed by atoms with Crippen molar-refractivity contribution in [3.8, 4) is 0 Å². The number of hydrogen-bond acceptors (Lipinski definition) is 3. The van der Waals surface area contributed by atoms with E-state index in [2.05, 4.69) is 12.2 Å². The first kappa shape index (κ1) is 13.1. The van der Waals surface area contributed by atoms with Gasteiger partial charge in [0.05, 0.1) is 0 Å². The van der Waals surface area contributed by atoms with Gasteiger partial charge in [-0.05, 0) is 31.7 Å². The molecule has 0 saturated heterocycles. The van der Waals surface area contributed by atoms with Crippen molar-refractivity contribution < 1.29 is 8.95 Å². The van der Waals surface area contributed by atoms with Crippen LogP contribution < -0.4 is 5.32 Å². The lowest BCUT2D eigenvalue weighted by Gasteiger charge is -2.16. The Bertz CT molecular complexity index is 195. The van der Waals surface area contributed by atoms with Crippen LogP contribution in [0.3, 0.4) is 0 Å². The molecule has 1 aliphatic rings. The summed E-state index contributed by atoms with van der Waals surface area (Å²) in [5.74, 6) is 2.39. The van der Waals surface area contributed by atoms with E-state index in [9.17, 15) is 4.21 Å². The highest BCUT2D eigenvalue weighted by Crippen LogP contribution is 2.32. The highest BCUT2D eigenvalue weighted by atomic mass is 32.2. The molecule has 0 bridgehead atoms. The summed E-state index contributed by atoms with van der Waals surface area (Å²) in [6.45, 7) is 3.82. The van der Waals surface area contributed by atoms with Gasteiger partial charge in [-0.25, -0.2) is 0 Å². The van der Waals surface area contributed by atoms with Crippen molar-refractivity contribution in [1.82, 2.24) is 5.32 Å². The van der Waals surface area contributed by atoms with E-state index in [0.29, 0.717) is 6.04 Å². The lowest BCUT2D eigenvalue weighted by atomic mass is 10.2. The molecule has 1 saturated carbocycles. The quantitative estimate of drug-likeness (QED) is 0.607. The first-order valence-corrected chi connectivity index (χ1v) is 7.34. The van der Waals surface area contributed by atoms with Crippen LogP contribution >= 0.6 is 0 Å². The molecule has 0 amide bonds. The zero-order chi connectivity index (χ0) is 11.1. The molecular weight excluding hydrogens is 210 g/mol. The molecular formula is C11H23NO2S. The van der Waals surface area contributed by atoms with Crippen LogP contribution in [-0.4, -0.2) is 42.0 Å². The molecule has 90 valence electrons. The molecule has 15 heavy (non-hydrogen) atoms. The Labute approximate surface area is 95.4 Å². The Balaban J connectivity index is 2.15. The number of hydrogen-bond donors (Lipinski definition) is 1. The first-order chi connectivity index (χ1) is 7.27. The zero-order valence-corrected chi connectivity index (χ0v) is 10.6. The molecule has 3 nitrogen and oxygen atoms in total. The Morgan fingerprint density at radius 2 is 2.27 bits per heavy atom. The molecule has 2 atom stereocenters. The summed E-state index contributed by atoms with van der Waals surface area (Å²) < 4.78 is 16.7. The van der Waals surface area contributed by atoms with Crippen LogP contribution in [0.2, 0.25) is 0 Å². The number of methoxy groups -OCH3 is 1. The Kier molecular flexibility index (Phi) is 6.45. The summed E-state index contributed by atoms with van der Waals surface area (Å²) in [6, 6.07) is 0.485. The molecule has 4 heteroatoms. The number of nitrogens with one attached hydrogen (secondary N) is 1. The summed E-state index contributed by atoms with van der Waals surface area (Å²) in [5, 5.41) is 3.44. The van der Waals surface area contributed by atoms with Crippen LogP contribution in [0.5, 0.6) is 0 Å². The first-order valence-electron chi connectivity index (χ1n) is 5.85. The van der Waals surface area contributed by atoms with E-state index in [1.807, 2.05) is 0 Å². The minimum Gasteiger partial charge on any atom is -0.385 e. The lowest BCUT2D eigenvalue weighted by molar-refractivity contribution is 0.200. The van der Waals surface area contributed by atoms with Crippen LogP contribution in [-0.2, 0) is 15.5 Å². The maximum atomic E-state index is 11.8. The van der Waals surface area contributed by atoms with Crippen LogP contribution in [0.15, 0.2) is 0 Å². The highest BCUT2D eigenvalue weighted by Gasteiger charge is 2.31. The SMILES string of the molecule is CCNC(CS(=O)CCCOC)C1CC1. The third-order valence-electron chi connectivity index (χ3n) is 2.74. The fourth-order valence-electron chi connectivity index (χ4n) is 1.77. The second-order valence-corrected chi connectivity index (χ2v) is 5.78. The topological polar surface area (TPSA) is 38.3 Å². The normalized spacial score (nSPS) is 20.1. The smallest absolute Gasteiger partial charge is 0.0471 e. The fraction of sp³-hybridized carbons (Fsp3) is 1.00. The average Bonchev–Trinajstić information content (AvgIpc) is 3.01. The van der Waals surface area contributed by atoms with Gasteiger partial charge in [0.1, 0.15) is 0 Å². The fourth-order valence-corrected chi connectivity index (χ4v) is 3.17. The van der Waals surface area contributed by atoms with Crippen molar-refractivity contribution >= 4 is 10.8 Å². The summed E-state index contributed by atoms with van der Waals surface area (Å²) in [4.78, 5) is 0. The molecule has 2 unspecified atom stereocenters. The van der Waals surface area contributed by atoms with Crippen molar-refractivity contribution in [2.45, 2.75) is 32.2 Å². The van der Waals surface area contributed by atoms with E-state index in [0.717, 1.165) is 37.0 Å².